The molecular formula is C19H29NO2. The van der Waals surface area contributed by atoms with Crippen molar-refractivity contribution in [3.8, 4) is 11.5 Å². The molecule has 2 N–H and O–H groups in total. The van der Waals surface area contributed by atoms with Crippen molar-refractivity contribution in [3.05, 3.63) is 23.8 Å². The van der Waals surface area contributed by atoms with E-state index in [0.29, 0.717) is 6.10 Å². The molecule has 3 heteroatoms. The Morgan fingerprint density at radius 1 is 1.05 bits per heavy atom. The largest absolute Gasteiger partial charge is 0.493 e. The van der Waals surface area contributed by atoms with Crippen LogP contribution in [0.15, 0.2) is 18.2 Å². The Bertz CT molecular complexity index is 488. The molecule has 0 aliphatic heterocycles. The summed E-state index contributed by atoms with van der Waals surface area (Å²) in [7, 11) is 1.72. The van der Waals surface area contributed by atoms with Crippen LogP contribution in [0.1, 0.15) is 63.4 Å². The van der Waals surface area contributed by atoms with E-state index in [1.54, 1.807) is 7.11 Å². The van der Waals surface area contributed by atoms with Crippen LogP contribution in [-0.2, 0) is 5.41 Å². The predicted molar refractivity (Wildman–Crippen MR) is 89.7 cm³/mol. The fourth-order valence-electron chi connectivity index (χ4n) is 4.12. The Morgan fingerprint density at radius 2 is 1.77 bits per heavy atom. The van der Waals surface area contributed by atoms with Crippen molar-refractivity contribution in [1.29, 1.82) is 0 Å². The Hall–Kier alpha value is -1.22. The summed E-state index contributed by atoms with van der Waals surface area (Å²) in [6.45, 7) is 0.724. The number of hydrogen-bond acceptors (Lipinski definition) is 3. The number of benzene rings is 1. The van der Waals surface area contributed by atoms with Crippen LogP contribution in [0.4, 0.5) is 0 Å². The third-order valence-corrected chi connectivity index (χ3v) is 5.57. The number of nitrogens with two attached hydrogens (primary N) is 1. The summed E-state index contributed by atoms with van der Waals surface area (Å²) in [5.74, 6) is 1.75. The molecule has 0 unspecified atom stereocenters. The molecule has 0 radical (unpaired) electrons. The predicted octanol–water partition coefficient (Wildman–Crippen LogP) is 4.18. The van der Waals surface area contributed by atoms with Gasteiger partial charge in [0, 0.05) is 12.0 Å². The van der Waals surface area contributed by atoms with Gasteiger partial charge in [0.25, 0.3) is 0 Å². The van der Waals surface area contributed by atoms with Crippen LogP contribution in [0.25, 0.3) is 0 Å². The fourth-order valence-corrected chi connectivity index (χ4v) is 4.12. The van der Waals surface area contributed by atoms with Crippen LogP contribution in [-0.4, -0.2) is 19.8 Å². The van der Waals surface area contributed by atoms with E-state index in [1.807, 2.05) is 0 Å². The molecule has 3 nitrogen and oxygen atoms in total. The molecule has 122 valence electrons. The minimum Gasteiger partial charge on any atom is -0.493 e. The number of ether oxygens (including phenoxy) is 2. The molecular weight excluding hydrogens is 274 g/mol. The molecule has 3 rings (SSSR count). The third kappa shape index (κ3) is 3.10. The van der Waals surface area contributed by atoms with Crippen LogP contribution < -0.4 is 15.2 Å². The second kappa shape index (κ2) is 6.91. The van der Waals surface area contributed by atoms with Crippen LogP contribution in [0.3, 0.4) is 0 Å². The second-order valence-electron chi connectivity index (χ2n) is 6.94. The van der Waals surface area contributed by atoms with E-state index in [4.69, 9.17) is 15.2 Å². The third-order valence-electron chi connectivity index (χ3n) is 5.57. The smallest absolute Gasteiger partial charge is 0.161 e. The minimum atomic E-state index is 0.137. The lowest BCUT2D eigenvalue weighted by Gasteiger charge is -2.37. The van der Waals surface area contributed by atoms with E-state index in [1.165, 1.54) is 50.5 Å². The van der Waals surface area contributed by atoms with Crippen molar-refractivity contribution in [2.24, 2.45) is 5.73 Å². The van der Waals surface area contributed by atoms with E-state index in [0.717, 1.165) is 30.9 Å². The summed E-state index contributed by atoms with van der Waals surface area (Å²) in [6.07, 6.45) is 11.5. The molecule has 2 saturated carbocycles. The summed E-state index contributed by atoms with van der Waals surface area (Å²) in [4.78, 5) is 0. The first-order valence-electron chi connectivity index (χ1n) is 8.83. The van der Waals surface area contributed by atoms with Gasteiger partial charge in [-0.05, 0) is 56.2 Å². The molecule has 0 bridgehead atoms. The van der Waals surface area contributed by atoms with Crippen molar-refractivity contribution in [2.45, 2.75) is 69.3 Å². The highest BCUT2D eigenvalue weighted by molar-refractivity contribution is 5.45. The quantitative estimate of drug-likeness (QED) is 0.887. The Balaban J connectivity index is 1.87. The first-order chi connectivity index (χ1) is 10.8. The number of methoxy groups -OCH3 is 1. The van der Waals surface area contributed by atoms with Gasteiger partial charge >= 0.3 is 0 Å². The lowest BCUT2D eigenvalue weighted by Crippen LogP contribution is -2.37. The summed E-state index contributed by atoms with van der Waals surface area (Å²) in [5, 5.41) is 0. The van der Waals surface area contributed by atoms with Crippen molar-refractivity contribution in [1.82, 2.24) is 0 Å². The van der Waals surface area contributed by atoms with Gasteiger partial charge in [0.15, 0.2) is 11.5 Å². The molecule has 1 aromatic carbocycles. The average molecular weight is 303 g/mol. The monoisotopic (exact) mass is 303 g/mol. The van der Waals surface area contributed by atoms with E-state index in [2.05, 4.69) is 18.2 Å². The molecule has 0 aromatic heterocycles. The molecule has 2 fully saturated rings. The lowest BCUT2D eigenvalue weighted by atomic mass is 9.69. The number of rotatable bonds is 5. The summed E-state index contributed by atoms with van der Waals surface area (Å²) >= 11 is 0. The summed E-state index contributed by atoms with van der Waals surface area (Å²) in [5.41, 5.74) is 7.66. The SMILES string of the molecule is COc1ccc(C2(CN)CCCCC2)cc1OC1CCCC1. The van der Waals surface area contributed by atoms with Crippen LogP contribution >= 0.6 is 0 Å². The highest BCUT2D eigenvalue weighted by atomic mass is 16.5. The van der Waals surface area contributed by atoms with Crippen molar-refractivity contribution >= 4 is 0 Å². The van der Waals surface area contributed by atoms with Crippen LogP contribution in [0.2, 0.25) is 0 Å². The molecule has 0 saturated heterocycles. The lowest BCUT2D eigenvalue weighted by molar-refractivity contribution is 0.199. The second-order valence-corrected chi connectivity index (χ2v) is 6.94. The first-order valence-corrected chi connectivity index (χ1v) is 8.83. The van der Waals surface area contributed by atoms with Gasteiger partial charge in [-0.25, -0.2) is 0 Å². The Morgan fingerprint density at radius 3 is 2.41 bits per heavy atom. The molecule has 2 aliphatic rings. The summed E-state index contributed by atoms with van der Waals surface area (Å²) in [6, 6.07) is 6.46. The van der Waals surface area contributed by atoms with Gasteiger partial charge in [-0.15, -0.1) is 0 Å². The van der Waals surface area contributed by atoms with E-state index >= 15 is 0 Å². The Kier molecular flexibility index (Phi) is 4.92. The van der Waals surface area contributed by atoms with E-state index in [-0.39, 0.29) is 5.41 Å². The van der Waals surface area contributed by atoms with Crippen LogP contribution in [0.5, 0.6) is 11.5 Å². The van der Waals surface area contributed by atoms with Crippen molar-refractivity contribution in [2.75, 3.05) is 13.7 Å². The van der Waals surface area contributed by atoms with E-state index < -0.39 is 0 Å². The molecule has 0 atom stereocenters. The maximum absolute atomic E-state index is 6.25. The average Bonchev–Trinajstić information content (AvgIpc) is 3.08. The topological polar surface area (TPSA) is 44.5 Å². The zero-order valence-corrected chi connectivity index (χ0v) is 13.8. The first kappa shape index (κ1) is 15.7. The van der Waals surface area contributed by atoms with Crippen molar-refractivity contribution in [3.63, 3.8) is 0 Å². The van der Waals surface area contributed by atoms with Crippen molar-refractivity contribution < 1.29 is 9.47 Å². The molecule has 0 spiro atoms. The van der Waals surface area contributed by atoms with Gasteiger partial charge in [-0.3, -0.25) is 0 Å². The molecule has 2 aliphatic carbocycles. The standard InChI is InChI=1S/C19H29NO2/c1-21-17-10-9-15(19(14-20)11-5-2-6-12-19)13-18(17)22-16-7-3-4-8-16/h9-10,13,16H,2-8,11-12,14,20H2,1H3. The highest BCUT2D eigenvalue weighted by Gasteiger charge is 2.33. The maximum Gasteiger partial charge on any atom is 0.161 e. The van der Waals surface area contributed by atoms with E-state index in [9.17, 15) is 0 Å². The number of hydrogen-bond donors (Lipinski definition) is 1. The fraction of sp³-hybridized carbons (Fsp3) is 0.684. The highest BCUT2D eigenvalue weighted by Crippen LogP contribution is 2.42. The Labute approximate surface area is 134 Å². The minimum absolute atomic E-state index is 0.137. The summed E-state index contributed by atoms with van der Waals surface area (Å²) < 4.78 is 11.8. The molecule has 0 amide bonds. The van der Waals surface area contributed by atoms with Gasteiger partial charge < -0.3 is 15.2 Å². The normalized spacial score (nSPS) is 21.7. The zero-order valence-electron chi connectivity index (χ0n) is 13.8. The molecule has 0 heterocycles. The van der Waals surface area contributed by atoms with Crippen LogP contribution in [0, 0.1) is 0 Å². The maximum atomic E-state index is 6.25. The molecule has 1 aromatic rings. The van der Waals surface area contributed by atoms with Gasteiger partial charge in [-0.1, -0.05) is 25.3 Å². The van der Waals surface area contributed by atoms with Gasteiger partial charge in [-0.2, -0.15) is 0 Å². The van der Waals surface area contributed by atoms with Gasteiger partial charge in [0.05, 0.1) is 13.2 Å². The molecule has 22 heavy (non-hydrogen) atoms. The zero-order chi connectivity index (χ0) is 15.4. The van der Waals surface area contributed by atoms with Gasteiger partial charge in [0.1, 0.15) is 0 Å². The van der Waals surface area contributed by atoms with Gasteiger partial charge in [0.2, 0.25) is 0 Å².